The van der Waals surface area contributed by atoms with E-state index in [0.717, 1.165) is 0 Å². The van der Waals surface area contributed by atoms with Crippen LogP contribution in [0.25, 0.3) is 0 Å². The number of anilines is 2. The lowest BCUT2D eigenvalue weighted by molar-refractivity contribution is -0.119. The molecule has 3 aromatic rings. The van der Waals surface area contributed by atoms with E-state index < -0.39 is 23.6 Å². The zero-order valence-corrected chi connectivity index (χ0v) is 23.5. The topological polar surface area (TPSA) is 175 Å². The molecule has 218 valence electrons. The Hall–Kier alpha value is -5.52. The first-order valence-electron chi connectivity index (χ1n) is 13.1. The van der Waals surface area contributed by atoms with Gasteiger partial charge in [-0.25, -0.2) is 0 Å². The van der Waals surface area contributed by atoms with E-state index >= 15 is 0 Å². The summed E-state index contributed by atoms with van der Waals surface area (Å²) in [6.07, 6.45) is 0. The quantitative estimate of drug-likeness (QED) is 0.226. The third-order valence-electron chi connectivity index (χ3n) is 5.87. The first-order chi connectivity index (χ1) is 19.9. The normalized spacial score (nSPS) is 10.4. The Balaban J connectivity index is 1.46. The molecule has 0 aliphatic heterocycles. The van der Waals surface area contributed by atoms with Crippen molar-refractivity contribution in [2.45, 2.75) is 27.7 Å². The van der Waals surface area contributed by atoms with Crippen molar-refractivity contribution in [1.29, 1.82) is 0 Å². The molecule has 3 aromatic carbocycles. The molecule has 0 bridgehead atoms. The van der Waals surface area contributed by atoms with Crippen LogP contribution < -0.4 is 32.3 Å². The largest absolute Gasteiger partial charge is 0.326 e. The fraction of sp³-hybridized carbons (Fsp3) is 0.200. The molecule has 12 nitrogen and oxygen atoms in total. The summed E-state index contributed by atoms with van der Waals surface area (Å²) in [7, 11) is 0. The highest BCUT2D eigenvalue weighted by atomic mass is 16.2. The van der Waals surface area contributed by atoms with Gasteiger partial charge in [-0.15, -0.1) is 0 Å². The van der Waals surface area contributed by atoms with E-state index in [0.29, 0.717) is 11.4 Å². The molecule has 0 radical (unpaired) electrons. The number of hydrazine groups is 2. The summed E-state index contributed by atoms with van der Waals surface area (Å²) in [4.78, 5) is 73.1. The Morgan fingerprint density at radius 2 is 0.619 bits per heavy atom. The van der Waals surface area contributed by atoms with E-state index in [9.17, 15) is 28.8 Å². The molecule has 3 rings (SSSR count). The SMILES string of the molecule is CC(C)C(=O)Nc1ccc(C(=O)NNC(=O)c2ccc(C(=O)NNC(=O)c3ccc(NC(=O)C(C)C)cc3)cc2)cc1. The number of carbonyl (C=O) groups excluding carboxylic acids is 6. The average Bonchev–Trinajstić information content (AvgIpc) is 2.98. The molecule has 42 heavy (non-hydrogen) atoms. The molecule has 0 aliphatic carbocycles. The minimum atomic E-state index is -0.613. The lowest BCUT2D eigenvalue weighted by atomic mass is 10.1. The minimum absolute atomic E-state index is 0.149. The van der Waals surface area contributed by atoms with E-state index in [1.165, 1.54) is 48.5 Å². The van der Waals surface area contributed by atoms with Gasteiger partial charge in [0, 0.05) is 45.5 Å². The van der Waals surface area contributed by atoms with Crippen molar-refractivity contribution in [2.24, 2.45) is 11.8 Å². The molecule has 6 N–H and O–H groups in total. The second-order valence-corrected chi connectivity index (χ2v) is 9.84. The maximum absolute atomic E-state index is 12.4. The average molecular weight is 573 g/mol. The van der Waals surface area contributed by atoms with Crippen LogP contribution in [0.3, 0.4) is 0 Å². The number of hydrogen-bond acceptors (Lipinski definition) is 6. The predicted molar refractivity (Wildman–Crippen MR) is 156 cm³/mol. The fourth-order valence-corrected chi connectivity index (χ4v) is 3.27. The summed E-state index contributed by atoms with van der Waals surface area (Å²) < 4.78 is 0. The van der Waals surface area contributed by atoms with Gasteiger partial charge in [-0.2, -0.15) is 0 Å². The third kappa shape index (κ3) is 8.74. The fourth-order valence-electron chi connectivity index (χ4n) is 3.27. The van der Waals surface area contributed by atoms with Gasteiger partial charge in [0.2, 0.25) is 11.8 Å². The van der Waals surface area contributed by atoms with Crippen molar-refractivity contribution >= 4 is 46.8 Å². The first-order valence-corrected chi connectivity index (χ1v) is 13.1. The Labute approximate surface area is 242 Å². The second-order valence-electron chi connectivity index (χ2n) is 9.84. The van der Waals surface area contributed by atoms with Crippen molar-refractivity contribution in [3.8, 4) is 0 Å². The van der Waals surface area contributed by atoms with Crippen LogP contribution in [0, 0.1) is 11.8 Å². The summed E-state index contributed by atoms with van der Waals surface area (Å²) in [5, 5.41) is 5.44. The van der Waals surface area contributed by atoms with Gasteiger partial charge in [-0.05, 0) is 72.8 Å². The molecular weight excluding hydrogens is 540 g/mol. The molecule has 0 atom stereocenters. The number of rotatable bonds is 8. The molecule has 6 amide bonds. The number of benzene rings is 3. The van der Waals surface area contributed by atoms with Gasteiger partial charge in [0.1, 0.15) is 0 Å². The van der Waals surface area contributed by atoms with Gasteiger partial charge < -0.3 is 10.6 Å². The summed E-state index contributed by atoms with van der Waals surface area (Å²) in [5.74, 6) is -3.02. The van der Waals surface area contributed by atoms with E-state index in [4.69, 9.17) is 0 Å². The summed E-state index contributed by atoms with van der Waals surface area (Å²) in [6, 6.07) is 17.9. The Kier molecular flexibility index (Phi) is 10.5. The Morgan fingerprint density at radius 1 is 0.405 bits per heavy atom. The lowest BCUT2D eigenvalue weighted by Crippen LogP contribution is -2.42. The van der Waals surface area contributed by atoms with Gasteiger partial charge in [0.05, 0.1) is 0 Å². The van der Waals surface area contributed by atoms with E-state index in [1.54, 1.807) is 52.0 Å². The highest BCUT2D eigenvalue weighted by Crippen LogP contribution is 2.12. The van der Waals surface area contributed by atoms with Crippen LogP contribution >= 0.6 is 0 Å². The Morgan fingerprint density at radius 3 is 0.833 bits per heavy atom. The Bertz CT molecular complexity index is 1350. The van der Waals surface area contributed by atoms with Crippen molar-refractivity contribution in [2.75, 3.05) is 10.6 Å². The molecule has 0 fully saturated rings. The highest BCUT2D eigenvalue weighted by molar-refractivity contribution is 6.02. The monoisotopic (exact) mass is 572 g/mol. The van der Waals surface area contributed by atoms with Gasteiger partial charge in [-0.3, -0.25) is 50.5 Å². The van der Waals surface area contributed by atoms with Crippen LogP contribution in [0.5, 0.6) is 0 Å². The van der Waals surface area contributed by atoms with Gasteiger partial charge in [-0.1, -0.05) is 27.7 Å². The summed E-state index contributed by atoms with van der Waals surface area (Å²) in [5.41, 5.74) is 11.2. The van der Waals surface area contributed by atoms with Gasteiger partial charge in [0.25, 0.3) is 23.6 Å². The number of hydrogen-bond donors (Lipinski definition) is 6. The van der Waals surface area contributed by atoms with E-state index in [-0.39, 0.29) is 45.9 Å². The van der Waals surface area contributed by atoms with Gasteiger partial charge >= 0.3 is 0 Å². The molecule has 0 aromatic heterocycles. The molecule has 0 saturated heterocycles. The van der Waals surface area contributed by atoms with Crippen molar-refractivity contribution < 1.29 is 28.8 Å². The highest BCUT2D eigenvalue weighted by Gasteiger charge is 2.14. The molecule has 0 saturated carbocycles. The van der Waals surface area contributed by atoms with Crippen LogP contribution in [-0.2, 0) is 9.59 Å². The summed E-state index contributed by atoms with van der Waals surface area (Å²) >= 11 is 0. The van der Waals surface area contributed by atoms with E-state index in [2.05, 4.69) is 32.3 Å². The second kappa shape index (κ2) is 14.2. The number of nitrogens with one attached hydrogen (secondary N) is 6. The van der Waals surface area contributed by atoms with Crippen LogP contribution in [0.2, 0.25) is 0 Å². The number of carbonyl (C=O) groups is 6. The molecule has 0 unspecified atom stereocenters. The molecule has 0 heterocycles. The maximum atomic E-state index is 12.4. The molecular formula is C30H32N6O6. The zero-order valence-electron chi connectivity index (χ0n) is 23.5. The van der Waals surface area contributed by atoms with Crippen molar-refractivity contribution in [3.63, 3.8) is 0 Å². The minimum Gasteiger partial charge on any atom is -0.326 e. The van der Waals surface area contributed by atoms with E-state index in [1.807, 2.05) is 0 Å². The summed E-state index contributed by atoms with van der Waals surface area (Å²) in [6.45, 7) is 7.07. The zero-order chi connectivity index (χ0) is 30.8. The van der Waals surface area contributed by atoms with Gasteiger partial charge in [0.15, 0.2) is 0 Å². The van der Waals surface area contributed by atoms with Crippen molar-refractivity contribution in [3.05, 3.63) is 95.1 Å². The standard InChI is InChI=1S/C30H32N6O6/c1-17(2)25(37)31-23-13-9-21(10-14-23)29(41)35-33-27(39)19-5-7-20(8-6-19)28(40)34-36-30(42)22-11-15-24(16-12-22)32-26(38)18(3)4/h5-18H,1-4H3,(H,31,37)(H,32,38)(H,33,39)(H,34,40)(H,35,41)(H,36,42). The van der Waals surface area contributed by atoms with Crippen LogP contribution in [0.4, 0.5) is 11.4 Å². The van der Waals surface area contributed by atoms with Crippen LogP contribution in [0.15, 0.2) is 72.8 Å². The molecule has 0 aliphatic rings. The molecule has 12 heteroatoms. The lowest BCUT2D eigenvalue weighted by Gasteiger charge is -2.11. The van der Waals surface area contributed by atoms with Crippen LogP contribution in [-0.4, -0.2) is 35.4 Å². The number of amides is 6. The van der Waals surface area contributed by atoms with Crippen LogP contribution in [0.1, 0.15) is 69.1 Å². The first kappa shape index (κ1) is 31.0. The molecule has 0 spiro atoms. The third-order valence-corrected chi connectivity index (χ3v) is 5.87. The predicted octanol–water partition coefficient (Wildman–Crippen LogP) is 3.03. The van der Waals surface area contributed by atoms with Crippen molar-refractivity contribution in [1.82, 2.24) is 21.7 Å². The smallest absolute Gasteiger partial charge is 0.269 e. The maximum Gasteiger partial charge on any atom is 0.269 e.